The lowest BCUT2D eigenvalue weighted by Crippen LogP contribution is -2.29. The van der Waals surface area contributed by atoms with Crippen LogP contribution in [0.3, 0.4) is 0 Å². The summed E-state index contributed by atoms with van der Waals surface area (Å²) in [7, 11) is 1.56. The van der Waals surface area contributed by atoms with E-state index in [1.165, 1.54) is 0 Å². The Morgan fingerprint density at radius 3 is 2.77 bits per heavy atom. The lowest BCUT2D eigenvalue weighted by atomic mass is 10.2. The van der Waals surface area contributed by atoms with Gasteiger partial charge in [-0.1, -0.05) is 12.1 Å². The highest BCUT2D eigenvalue weighted by molar-refractivity contribution is 5.80. The van der Waals surface area contributed by atoms with E-state index in [0.717, 1.165) is 23.8 Å². The summed E-state index contributed by atoms with van der Waals surface area (Å²) in [6, 6.07) is 10.3. The third-order valence-electron chi connectivity index (χ3n) is 2.99. The zero-order valence-corrected chi connectivity index (χ0v) is 12.0. The van der Waals surface area contributed by atoms with E-state index in [1.54, 1.807) is 19.2 Å². The summed E-state index contributed by atoms with van der Waals surface area (Å²) in [4.78, 5) is 11.7. The number of anilines is 1. The van der Waals surface area contributed by atoms with Crippen LogP contribution in [-0.4, -0.2) is 19.6 Å². The van der Waals surface area contributed by atoms with Crippen molar-refractivity contribution in [1.82, 2.24) is 5.32 Å². The summed E-state index contributed by atoms with van der Waals surface area (Å²) < 4.78 is 31.5. The van der Waals surface area contributed by atoms with Crippen molar-refractivity contribution in [2.75, 3.05) is 19.0 Å². The Bertz CT molecular complexity index is 662. The standard InChI is InChI=1S/C16H16F2N2O2/c1-22-13-4-2-3-11(7-13)9-20-16(21)10-19-15-8-12(17)5-6-14(15)18/h2-8,19H,9-10H2,1H3,(H,20,21). The van der Waals surface area contributed by atoms with Crippen molar-refractivity contribution in [2.24, 2.45) is 0 Å². The predicted molar refractivity (Wildman–Crippen MR) is 79.7 cm³/mol. The fraction of sp³-hybridized carbons (Fsp3) is 0.188. The van der Waals surface area contributed by atoms with E-state index in [-0.39, 0.29) is 18.1 Å². The molecule has 0 fully saturated rings. The highest BCUT2D eigenvalue weighted by atomic mass is 19.1. The number of rotatable bonds is 6. The maximum atomic E-state index is 13.4. The van der Waals surface area contributed by atoms with Crippen LogP contribution in [-0.2, 0) is 11.3 Å². The molecular weight excluding hydrogens is 290 g/mol. The average molecular weight is 306 g/mol. The third kappa shape index (κ3) is 4.44. The Morgan fingerprint density at radius 1 is 1.18 bits per heavy atom. The molecule has 0 aliphatic rings. The molecule has 2 aromatic rings. The number of ether oxygens (including phenoxy) is 1. The average Bonchev–Trinajstić information content (AvgIpc) is 2.54. The SMILES string of the molecule is COc1cccc(CNC(=O)CNc2cc(F)ccc2F)c1. The van der Waals surface area contributed by atoms with Gasteiger partial charge in [0, 0.05) is 6.54 Å². The van der Waals surface area contributed by atoms with Crippen molar-refractivity contribution in [3.63, 3.8) is 0 Å². The molecule has 0 aliphatic heterocycles. The van der Waals surface area contributed by atoms with Crippen molar-refractivity contribution in [3.05, 3.63) is 59.7 Å². The number of carbonyl (C=O) groups excluding carboxylic acids is 1. The number of nitrogens with one attached hydrogen (secondary N) is 2. The van der Waals surface area contributed by atoms with Gasteiger partial charge in [-0.2, -0.15) is 0 Å². The van der Waals surface area contributed by atoms with Gasteiger partial charge in [0.05, 0.1) is 19.3 Å². The molecule has 0 heterocycles. The molecule has 0 aromatic heterocycles. The lowest BCUT2D eigenvalue weighted by Gasteiger charge is -2.09. The van der Waals surface area contributed by atoms with Crippen molar-refractivity contribution in [2.45, 2.75) is 6.54 Å². The minimum Gasteiger partial charge on any atom is -0.497 e. The van der Waals surface area contributed by atoms with Crippen LogP contribution in [0.2, 0.25) is 0 Å². The minimum atomic E-state index is -0.609. The Labute approximate surface area is 127 Å². The summed E-state index contributed by atoms with van der Waals surface area (Å²) in [6.45, 7) is 0.174. The largest absolute Gasteiger partial charge is 0.497 e. The van der Waals surface area contributed by atoms with Crippen LogP contribution >= 0.6 is 0 Å². The van der Waals surface area contributed by atoms with Gasteiger partial charge in [-0.3, -0.25) is 4.79 Å². The van der Waals surface area contributed by atoms with E-state index in [4.69, 9.17) is 4.74 Å². The molecule has 0 radical (unpaired) electrons. The summed E-state index contributed by atoms with van der Waals surface area (Å²) >= 11 is 0. The van der Waals surface area contributed by atoms with Gasteiger partial charge in [0.2, 0.25) is 5.91 Å². The molecule has 0 saturated carbocycles. The van der Waals surface area contributed by atoms with Gasteiger partial charge in [-0.25, -0.2) is 8.78 Å². The normalized spacial score (nSPS) is 10.1. The highest BCUT2D eigenvalue weighted by Gasteiger charge is 2.06. The van der Waals surface area contributed by atoms with Crippen LogP contribution in [0.15, 0.2) is 42.5 Å². The monoisotopic (exact) mass is 306 g/mol. The second-order valence-electron chi connectivity index (χ2n) is 4.61. The molecule has 116 valence electrons. The smallest absolute Gasteiger partial charge is 0.239 e. The van der Waals surface area contributed by atoms with E-state index < -0.39 is 11.6 Å². The van der Waals surface area contributed by atoms with Gasteiger partial charge >= 0.3 is 0 Å². The molecular formula is C16H16F2N2O2. The second-order valence-corrected chi connectivity index (χ2v) is 4.61. The molecule has 0 spiro atoms. The molecule has 2 rings (SSSR count). The van der Waals surface area contributed by atoms with E-state index >= 15 is 0 Å². The van der Waals surface area contributed by atoms with Gasteiger partial charge < -0.3 is 15.4 Å². The number of hydrogen-bond acceptors (Lipinski definition) is 3. The predicted octanol–water partition coefficient (Wildman–Crippen LogP) is 2.70. The van der Waals surface area contributed by atoms with Crippen LogP contribution < -0.4 is 15.4 Å². The Hall–Kier alpha value is -2.63. The summed E-state index contributed by atoms with van der Waals surface area (Å²) in [5, 5.41) is 5.24. The number of carbonyl (C=O) groups is 1. The van der Waals surface area contributed by atoms with E-state index in [2.05, 4.69) is 10.6 Å². The van der Waals surface area contributed by atoms with E-state index in [1.807, 2.05) is 12.1 Å². The van der Waals surface area contributed by atoms with Crippen molar-refractivity contribution in [1.29, 1.82) is 0 Å². The van der Waals surface area contributed by atoms with Gasteiger partial charge in [-0.05, 0) is 35.9 Å². The molecule has 2 N–H and O–H groups in total. The molecule has 22 heavy (non-hydrogen) atoms. The zero-order chi connectivity index (χ0) is 15.9. The summed E-state index contributed by atoms with van der Waals surface area (Å²) in [5.74, 6) is -0.805. The highest BCUT2D eigenvalue weighted by Crippen LogP contribution is 2.15. The van der Waals surface area contributed by atoms with Crippen molar-refractivity contribution >= 4 is 11.6 Å². The first-order chi connectivity index (χ1) is 10.6. The van der Waals surface area contributed by atoms with Crippen LogP contribution in [0.4, 0.5) is 14.5 Å². The molecule has 0 aliphatic carbocycles. The zero-order valence-electron chi connectivity index (χ0n) is 12.0. The van der Waals surface area contributed by atoms with Gasteiger partial charge in [0.1, 0.15) is 17.4 Å². The molecule has 6 heteroatoms. The molecule has 0 saturated heterocycles. The maximum Gasteiger partial charge on any atom is 0.239 e. The number of hydrogen-bond donors (Lipinski definition) is 2. The molecule has 0 unspecified atom stereocenters. The molecule has 4 nitrogen and oxygen atoms in total. The first-order valence-electron chi connectivity index (χ1n) is 6.67. The molecule has 0 bridgehead atoms. The van der Waals surface area contributed by atoms with Gasteiger partial charge in [0.15, 0.2) is 0 Å². The number of halogens is 2. The van der Waals surface area contributed by atoms with Gasteiger partial charge in [-0.15, -0.1) is 0 Å². The first kappa shape index (κ1) is 15.8. The minimum absolute atomic E-state index is 0.0449. The van der Waals surface area contributed by atoms with Gasteiger partial charge in [0.25, 0.3) is 0 Å². The lowest BCUT2D eigenvalue weighted by molar-refractivity contribution is -0.119. The topological polar surface area (TPSA) is 50.4 Å². The van der Waals surface area contributed by atoms with E-state index in [0.29, 0.717) is 12.3 Å². The Morgan fingerprint density at radius 2 is 2.00 bits per heavy atom. The Balaban J connectivity index is 1.84. The van der Waals surface area contributed by atoms with Crippen molar-refractivity contribution in [3.8, 4) is 5.75 Å². The van der Waals surface area contributed by atoms with Crippen molar-refractivity contribution < 1.29 is 18.3 Å². The summed E-state index contributed by atoms with van der Waals surface area (Å²) in [5.41, 5.74) is 0.834. The number of amides is 1. The fourth-order valence-electron chi connectivity index (χ4n) is 1.85. The molecule has 1 amide bonds. The second kappa shape index (κ2) is 7.40. The number of benzene rings is 2. The quantitative estimate of drug-likeness (QED) is 0.863. The Kier molecular flexibility index (Phi) is 5.30. The van der Waals surface area contributed by atoms with Crippen LogP contribution in [0.1, 0.15) is 5.56 Å². The molecule has 0 atom stereocenters. The van der Waals surface area contributed by atoms with E-state index in [9.17, 15) is 13.6 Å². The third-order valence-corrected chi connectivity index (χ3v) is 2.99. The maximum absolute atomic E-state index is 13.4. The van der Waals surface area contributed by atoms with Crippen LogP contribution in [0.25, 0.3) is 0 Å². The molecule has 2 aromatic carbocycles. The summed E-state index contributed by atoms with van der Waals surface area (Å²) in [6.07, 6.45) is 0. The van der Waals surface area contributed by atoms with Crippen LogP contribution in [0.5, 0.6) is 5.75 Å². The number of methoxy groups -OCH3 is 1. The first-order valence-corrected chi connectivity index (χ1v) is 6.67. The fourth-order valence-corrected chi connectivity index (χ4v) is 1.85. The van der Waals surface area contributed by atoms with Crippen LogP contribution in [0, 0.1) is 11.6 Å².